The van der Waals surface area contributed by atoms with Crippen molar-refractivity contribution in [2.45, 2.75) is 32.6 Å². The molecule has 2 amide bonds. The minimum absolute atomic E-state index is 0.00384. The molecule has 0 spiro atoms. The monoisotopic (exact) mass is 419 g/mol. The van der Waals surface area contributed by atoms with Crippen molar-refractivity contribution in [3.05, 3.63) is 65.4 Å². The second kappa shape index (κ2) is 9.75. The lowest BCUT2D eigenvalue weighted by Gasteiger charge is -2.31. The number of hydrazine groups is 1. The van der Waals surface area contributed by atoms with Gasteiger partial charge in [0.2, 0.25) is 11.8 Å². The van der Waals surface area contributed by atoms with Crippen LogP contribution in [0.5, 0.6) is 0 Å². The number of pyridine rings is 1. The van der Waals surface area contributed by atoms with E-state index in [4.69, 9.17) is 0 Å². The normalized spacial score (nSPS) is 17.8. The average molecular weight is 420 g/mol. The van der Waals surface area contributed by atoms with E-state index in [0.29, 0.717) is 12.2 Å². The topological polar surface area (TPSA) is 86.4 Å². The highest BCUT2D eigenvalue weighted by atomic mass is 16.2. The molecule has 2 aliphatic heterocycles. The number of amides is 2. The van der Waals surface area contributed by atoms with E-state index >= 15 is 0 Å². The van der Waals surface area contributed by atoms with Crippen LogP contribution in [0, 0.1) is 5.92 Å². The third kappa shape index (κ3) is 5.49. The summed E-state index contributed by atoms with van der Waals surface area (Å²) in [5.74, 6) is 0.745. The minimum atomic E-state index is -0.00384. The molecule has 7 heteroatoms. The number of anilines is 1. The molecule has 0 bridgehead atoms. The van der Waals surface area contributed by atoms with E-state index in [1.165, 1.54) is 5.56 Å². The molecular formula is C24H29N5O2. The molecule has 1 aromatic carbocycles. The van der Waals surface area contributed by atoms with Crippen LogP contribution in [0.3, 0.4) is 0 Å². The van der Waals surface area contributed by atoms with Gasteiger partial charge in [-0.15, -0.1) is 0 Å². The second-order valence-corrected chi connectivity index (χ2v) is 8.27. The van der Waals surface area contributed by atoms with Crippen molar-refractivity contribution in [1.82, 2.24) is 20.7 Å². The number of carbonyl (C=O) groups excluding carboxylic acids is 2. The third-order valence-electron chi connectivity index (χ3n) is 6.01. The number of rotatable bonds is 6. The van der Waals surface area contributed by atoms with Crippen LogP contribution in [0.2, 0.25) is 0 Å². The highest BCUT2D eigenvalue weighted by Gasteiger charge is 2.25. The Labute approximate surface area is 182 Å². The van der Waals surface area contributed by atoms with Crippen LogP contribution in [0.25, 0.3) is 5.70 Å². The highest BCUT2D eigenvalue weighted by molar-refractivity contribution is 5.91. The summed E-state index contributed by atoms with van der Waals surface area (Å²) in [7, 11) is 0. The molecule has 0 unspecified atom stereocenters. The molecule has 1 aromatic heterocycles. The van der Waals surface area contributed by atoms with Gasteiger partial charge in [-0.25, -0.2) is 4.98 Å². The Morgan fingerprint density at radius 1 is 1.13 bits per heavy atom. The molecule has 2 aromatic rings. The van der Waals surface area contributed by atoms with E-state index in [-0.39, 0.29) is 17.7 Å². The smallest absolute Gasteiger partial charge is 0.242 e. The number of piperidine rings is 1. The molecule has 0 saturated carbocycles. The summed E-state index contributed by atoms with van der Waals surface area (Å²) >= 11 is 0. The molecule has 1 fully saturated rings. The molecule has 1 saturated heterocycles. The van der Waals surface area contributed by atoms with Gasteiger partial charge in [-0.2, -0.15) is 0 Å². The van der Waals surface area contributed by atoms with Crippen molar-refractivity contribution >= 4 is 23.3 Å². The molecule has 162 valence electrons. The predicted octanol–water partition coefficient (Wildman–Crippen LogP) is 2.73. The van der Waals surface area contributed by atoms with Gasteiger partial charge in [0.05, 0.1) is 12.1 Å². The van der Waals surface area contributed by atoms with Gasteiger partial charge < -0.3 is 10.2 Å². The van der Waals surface area contributed by atoms with Gasteiger partial charge in [0.25, 0.3) is 0 Å². The molecule has 0 atom stereocenters. The van der Waals surface area contributed by atoms with Crippen molar-refractivity contribution in [3.63, 3.8) is 0 Å². The van der Waals surface area contributed by atoms with Crippen LogP contribution in [0.15, 0.2) is 54.2 Å². The lowest BCUT2D eigenvalue weighted by atomic mass is 9.95. The fraction of sp³-hybridized carbons (Fsp3) is 0.375. The van der Waals surface area contributed by atoms with Gasteiger partial charge in [0, 0.05) is 18.7 Å². The Hall–Kier alpha value is -3.19. The standard InChI is InChI=1S/C24H29N5O2/c1-17-16-22(30)27-28-23(17)19-7-5-18(6-8-19)9-13-29-14-10-20(11-15-29)24(31)26-21-4-2-3-12-25-21/h2-8,12,20,28H,9-11,13-16H2,1H3,(H,27,30)(H,25,26,31). The van der Waals surface area contributed by atoms with Gasteiger partial charge in [-0.05, 0) is 68.1 Å². The predicted molar refractivity (Wildman–Crippen MR) is 121 cm³/mol. The maximum atomic E-state index is 12.5. The van der Waals surface area contributed by atoms with Crippen LogP contribution in [-0.4, -0.2) is 41.3 Å². The largest absolute Gasteiger partial charge is 0.310 e. The molecule has 3 N–H and O–H groups in total. The fourth-order valence-corrected chi connectivity index (χ4v) is 4.14. The van der Waals surface area contributed by atoms with Crippen molar-refractivity contribution < 1.29 is 9.59 Å². The van der Waals surface area contributed by atoms with E-state index in [0.717, 1.165) is 55.7 Å². The van der Waals surface area contributed by atoms with Crippen LogP contribution >= 0.6 is 0 Å². The fourth-order valence-electron chi connectivity index (χ4n) is 4.14. The van der Waals surface area contributed by atoms with Crippen molar-refractivity contribution in [2.75, 3.05) is 25.0 Å². The van der Waals surface area contributed by atoms with E-state index in [9.17, 15) is 9.59 Å². The first-order valence-corrected chi connectivity index (χ1v) is 10.9. The lowest BCUT2D eigenvalue weighted by Crippen LogP contribution is -2.40. The third-order valence-corrected chi connectivity index (χ3v) is 6.01. The van der Waals surface area contributed by atoms with E-state index in [1.54, 1.807) is 6.20 Å². The van der Waals surface area contributed by atoms with Gasteiger partial charge in [0.15, 0.2) is 0 Å². The zero-order valence-electron chi connectivity index (χ0n) is 17.9. The first-order valence-electron chi connectivity index (χ1n) is 10.9. The Bertz CT molecular complexity index is 948. The summed E-state index contributed by atoms with van der Waals surface area (Å²) in [5.41, 5.74) is 10.1. The summed E-state index contributed by atoms with van der Waals surface area (Å²) in [6.07, 6.45) is 4.85. The van der Waals surface area contributed by atoms with Gasteiger partial charge in [0.1, 0.15) is 5.82 Å². The summed E-state index contributed by atoms with van der Waals surface area (Å²) in [6.45, 7) is 4.85. The first-order chi connectivity index (χ1) is 15.1. The molecular weight excluding hydrogens is 390 g/mol. The number of nitrogens with one attached hydrogen (secondary N) is 3. The van der Waals surface area contributed by atoms with Gasteiger partial charge >= 0.3 is 0 Å². The van der Waals surface area contributed by atoms with Crippen molar-refractivity contribution in [2.24, 2.45) is 5.92 Å². The van der Waals surface area contributed by atoms with Crippen LogP contribution in [-0.2, 0) is 16.0 Å². The summed E-state index contributed by atoms with van der Waals surface area (Å²) in [5, 5.41) is 2.92. The van der Waals surface area contributed by atoms with Crippen molar-refractivity contribution in [3.8, 4) is 0 Å². The summed E-state index contributed by atoms with van der Waals surface area (Å²) in [4.78, 5) is 30.5. The SMILES string of the molecule is CC1=C(c2ccc(CCN3CCC(C(=O)Nc4ccccn4)CC3)cc2)NNC(=O)C1. The quantitative estimate of drug-likeness (QED) is 0.670. The first kappa shape index (κ1) is 21.1. The maximum Gasteiger partial charge on any atom is 0.242 e. The van der Waals surface area contributed by atoms with Crippen LogP contribution < -0.4 is 16.2 Å². The number of likely N-dealkylation sites (tertiary alicyclic amines) is 1. The Kier molecular flexibility index (Phi) is 6.62. The Morgan fingerprint density at radius 2 is 1.90 bits per heavy atom. The highest BCUT2D eigenvalue weighted by Crippen LogP contribution is 2.22. The number of nitrogens with zero attached hydrogens (tertiary/aromatic N) is 2. The number of carbonyl (C=O) groups is 2. The molecule has 0 aliphatic carbocycles. The molecule has 31 heavy (non-hydrogen) atoms. The van der Waals surface area contributed by atoms with Gasteiger partial charge in [-0.3, -0.25) is 20.4 Å². The summed E-state index contributed by atoms with van der Waals surface area (Å²) in [6, 6.07) is 14.0. The maximum absolute atomic E-state index is 12.5. The molecule has 3 heterocycles. The van der Waals surface area contributed by atoms with Crippen LogP contribution in [0.4, 0.5) is 5.82 Å². The molecule has 4 rings (SSSR count). The number of hydrogen-bond donors (Lipinski definition) is 3. The van der Waals surface area contributed by atoms with E-state index in [2.05, 4.69) is 50.3 Å². The Balaban J connectivity index is 1.23. The zero-order chi connectivity index (χ0) is 21.6. The number of hydrogen-bond acceptors (Lipinski definition) is 5. The van der Waals surface area contributed by atoms with E-state index < -0.39 is 0 Å². The Morgan fingerprint density at radius 3 is 2.58 bits per heavy atom. The van der Waals surface area contributed by atoms with E-state index in [1.807, 2.05) is 25.1 Å². The molecule has 0 radical (unpaired) electrons. The van der Waals surface area contributed by atoms with Crippen LogP contribution in [0.1, 0.15) is 37.3 Å². The zero-order valence-corrected chi connectivity index (χ0v) is 17.9. The second-order valence-electron chi connectivity index (χ2n) is 8.27. The lowest BCUT2D eigenvalue weighted by molar-refractivity contribution is -0.122. The molecule has 7 nitrogen and oxygen atoms in total. The summed E-state index contributed by atoms with van der Waals surface area (Å²) < 4.78 is 0. The molecule has 2 aliphatic rings. The van der Waals surface area contributed by atoms with Gasteiger partial charge in [-0.1, -0.05) is 30.3 Å². The van der Waals surface area contributed by atoms with Crippen molar-refractivity contribution in [1.29, 1.82) is 0 Å². The number of aromatic nitrogens is 1. The number of benzene rings is 1. The minimum Gasteiger partial charge on any atom is -0.310 e. The average Bonchev–Trinajstić information content (AvgIpc) is 2.79.